The van der Waals surface area contributed by atoms with Gasteiger partial charge < -0.3 is 15.8 Å². The Morgan fingerprint density at radius 2 is 2.17 bits per heavy atom. The zero-order chi connectivity index (χ0) is 16.8. The van der Waals surface area contributed by atoms with Crippen LogP contribution in [0.2, 0.25) is 0 Å². The molecule has 0 aromatic heterocycles. The van der Waals surface area contributed by atoms with Gasteiger partial charge in [-0.1, -0.05) is 31.2 Å². The number of rotatable bonds is 6. The molecule has 1 fully saturated rings. The lowest BCUT2D eigenvalue weighted by atomic mass is 10.0. The summed E-state index contributed by atoms with van der Waals surface area (Å²) >= 11 is 0. The number of ether oxygens (including phenoxy) is 1. The van der Waals surface area contributed by atoms with E-state index in [0.717, 1.165) is 31.8 Å². The molecule has 3 atom stereocenters. The van der Waals surface area contributed by atoms with Gasteiger partial charge in [0.25, 0.3) is 0 Å². The van der Waals surface area contributed by atoms with Crippen molar-refractivity contribution < 1.29 is 9.53 Å². The van der Waals surface area contributed by atoms with E-state index in [0.29, 0.717) is 12.6 Å². The number of carbonyl (C=O) groups is 1. The minimum Gasteiger partial charge on any atom is -0.376 e. The predicted octanol–water partition coefficient (Wildman–Crippen LogP) is 1.51. The lowest BCUT2D eigenvalue weighted by Gasteiger charge is -2.31. The molecule has 1 aromatic rings. The number of benzene rings is 1. The number of hydrogen-bond acceptors (Lipinski definition) is 4. The Hall–Kier alpha value is -1.43. The van der Waals surface area contributed by atoms with Crippen molar-refractivity contribution in [3.05, 3.63) is 35.4 Å². The number of amides is 1. The fourth-order valence-corrected chi connectivity index (χ4v) is 2.72. The highest BCUT2D eigenvalue weighted by atomic mass is 16.5. The first kappa shape index (κ1) is 17.9. The Balaban J connectivity index is 1.88. The molecule has 1 amide bonds. The SMILES string of the molecule is CC1CN(Cc2cccc(CNC(=O)C(C)C(C)N)c2)CCO1. The van der Waals surface area contributed by atoms with Gasteiger partial charge in [0, 0.05) is 38.1 Å². The van der Waals surface area contributed by atoms with Crippen LogP contribution in [0.4, 0.5) is 0 Å². The molecular formula is C18H29N3O2. The zero-order valence-corrected chi connectivity index (χ0v) is 14.4. The molecule has 1 heterocycles. The molecule has 1 saturated heterocycles. The van der Waals surface area contributed by atoms with Crippen LogP contribution in [0, 0.1) is 5.92 Å². The van der Waals surface area contributed by atoms with Gasteiger partial charge in [0.1, 0.15) is 0 Å². The first-order chi connectivity index (χ1) is 11.0. The van der Waals surface area contributed by atoms with Crippen LogP contribution in [0.25, 0.3) is 0 Å². The molecule has 0 spiro atoms. The van der Waals surface area contributed by atoms with Crippen LogP contribution in [-0.4, -0.2) is 42.6 Å². The average Bonchev–Trinajstić information content (AvgIpc) is 2.52. The van der Waals surface area contributed by atoms with Crippen LogP contribution in [0.5, 0.6) is 0 Å². The van der Waals surface area contributed by atoms with Gasteiger partial charge in [-0.15, -0.1) is 0 Å². The molecule has 1 aromatic carbocycles. The van der Waals surface area contributed by atoms with E-state index >= 15 is 0 Å². The van der Waals surface area contributed by atoms with E-state index in [1.54, 1.807) is 0 Å². The largest absolute Gasteiger partial charge is 0.376 e. The molecule has 0 radical (unpaired) electrons. The highest BCUT2D eigenvalue weighted by molar-refractivity contribution is 5.78. The van der Waals surface area contributed by atoms with Gasteiger partial charge in [0.05, 0.1) is 12.7 Å². The van der Waals surface area contributed by atoms with E-state index in [-0.39, 0.29) is 17.9 Å². The van der Waals surface area contributed by atoms with E-state index in [9.17, 15) is 4.79 Å². The summed E-state index contributed by atoms with van der Waals surface area (Å²) in [5, 5.41) is 2.97. The van der Waals surface area contributed by atoms with E-state index < -0.39 is 0 Å². The molecule has 1 aliphatic rings. The van der Waals surface area contributed by atoms with E-state index in [2.05, 4.69) is 35.3 Å². The van der Waals surface area contributed by atoms with Gasteiger partial charge in [-0.2, -0.15) is 0 Å². The Bertz CT molecular complexity index is 519. The van der Waals surface area contributed by atoms with Crippen LogP contribution in [-0.2, 0) is 22.6 Å². The van der Waals surface area contributed by atoms with Crippen LogP contribution in [0.1, 0.15) is 31.9 Å². The summed E-state index contributed by atoms with van der Waals surface area (Å²) in [6.45, 7) is 10.0. The van der Waals surface area contributed by atoms with Crippen molar-refractivity contribution in [1.82, 2.24) is 10.2 Å². The Kier molecular flexibility index (Phi) is 6.57. The smallest absolute Gasteiger partial charge is 0.224 e. The van der Waals surface area contributed by atoms with Crippen LogP contribution in [0.3, 0.4) is 0 Å². The molecule has 3 N–H and O–H groups in total. The molecule has 0 aliphatic carbocycles. The molecule has 1 aliphatic heterocycles. The number of carbonyl (C=O) groups excluding carboxylic acids is 1. The maximum Gasteiger partial charge on any atom is 0.224 e. The third-order valence-corrected chi connectivity index (χ3v) is 4.39. The van der Waals surface area contributed by atoms with E-state index in [4.69, 9.17) is 10.5 Å². The zero-order valence-electron chi connectivity index (χ0n) is 14.4. The van der Waals surface area contributed by atoms with Crippen molar-refractivity contribution in [3.8, 4) is 0 Å². The standard InChI is InChI=1S/C18H29N3O2/c1-13-11-21(7-8-23-13)12-17-6-4-5-16(9-17)10-20-18(22)14(2)15(3)19/h4-6,9,13-15H,7-8,10-12,19H2,1-3H3,(H,20,22). The normalized spacial score (nSPS) is 21.7. The first-order valence-corrected chi connectivity index (χ1v) is 8.40. The summed E-state index contributed by atoms with van der Waals surface area (Å²) < 4.78 is 5.58. The Labute approximate surface area is 139 Å². The van der Waals surface area contributed by atoms with Crippen LogP contribution < -0.4 is 11.1 Å². The molecule has 3 unspecified atom stereocenters. The van der Waals surface area contributed by atoms with Crippen molar-refractivity contribution in [2.24, 2.45) is 11.7 Å². The summed E-state index contributed by atoms with van der Waals surface area (Å²) in [6.07, 6.45) is 0.297. The Morgan fingerprint density at radius 1 is 1.43 bits per heavy atom. The third-order valence-electron chi connectivity index (χ3n) is 4.39. The van der Waals surface area contributed by atoms with Gasteiger partial charge in [0.15, 0.2) is 0 Å². The number of morpholine rings is 1. The molecule has 23 heavy (non-hydrogen) atoms. The summed E-state index contributed by atoms with van der Waals surface area (Å²) in [5.41, 5.74) is 8.16. The van der Waals surface area contributed by atoms with Gasteiger partial charge in [-0.05, 0) is 25.0 Å². The lowest BCUT2D eigenvalue weighted by Crippen LogP contribution is -2.40. The van der Waals surface area contributed by atoms with E-state index in [1.165, 1.54) is 5.56 Å². The monoisotopic (exact) mass is 319 g/mol. The van der Waals surface area contributed by atoms with Gasteiger partial charge >= 0.3 is 0 Å². The summed E-state index contributed by atoms with van der Waals surface area (Å²) in [4.78, 5) is 14.4. The number of nitrogens with zero attached hydrogens (tertiary/aromatic N) is 1. The van der Waals surface area contributed by atoms with E-state index in [1.807, 2.05) is 19.9 Å². The van der Waals surface area contributed by atoms with Gasteiger partial charge in [0.2, 0.25) is 5.91 Å². The van der Waals surface area contributed by atoms with Gasteiger partial charge in [-0.3, -0.25) is 9.69 Å². The van der Waals surface area contributed by atoms with Crippen molar-refractivity contribution in [1.29, 1.82) is 0 Å². The van der Waals surface area contributed by atoms with Crippen molar-refractivity contribution in [3.63, 3.8) is 0 Å². The van der Waals surface area contributed by atoms with Crippen molar-refractivity contribution in [2.45, 2.75) is 46.0 Å². The van der Waals surface area contributed by atoms with Crippen LogP contribution >= 0.6 is 0 Å². The minimum absolute atomic E-state index is 0.00686. The lowest BCUT2D eigenvalue weighted by molar-refractivity contribution is -0.125. The molecule has 2 rings (SSSR count). The summed E-state index contributed by atoms with van der Waals surface area (Å²) in [5.74, 6) is -0.166. The molecule has 128 valence electrons. The van der Waals surface area contributed by atoms with Crippen molar-refractivity contribution >= 4 is 5.91 Å². The molecular weight excluding hydrogens is 290 g/mol. The molecule has 0 bridgehead atoms. The van der Waals surface area contributed by atoms with Crippen molar-refractivity contribution in [2.75, 3.05) is 19.7 Å². The first-order valence-electron chi connectivity index (χ1n) is 8.40. The predicted molar refractivity (Wildman–Crippen MR) is 91.8 cm³/mol. The summed E-state index contributed by atoms with van der Waals surface area (Å²) in [7, 11) is 0. The second-order valence-corrected chi connectivity index (χ2v) is 6.60. The summed E-state index contributed by atoms with van der Waals surface area (Å²) in [6, 6.07) is 8.26. The maximum absolute atomic E-state index is 12.0. The van der Waals surface area contributed by atoms with Gasteiger partial charge in [-0.25, -0.2) is 0 Å². The average molecular weight is 319 g/mol. The second kappa shape index (κ2) is 8.43. The number of hydrogen-bond donors (Lipinski definition) is 2. The highest BCUT2D eigenvalue weighted by Gasteiger charge is 2.18. The fraction of sp³-hybridized carbons (Fsp3) is 0.611. The molecule has 5 nitrogen and oxygen atoms in total. The fourth-order valence-electron chi connectivity index (χ4n) is 2.72. The topological polar surface area (TPSA) is 67.6 Å². The minimum atomic E-state index is -0.173. The third kappa shape index (κ3) is 5.61. The highest BCUT2D eigenvalue weighted by Crippen LogP contribution is 2.12. The molecule has 0 saturated carbocycles. The molecule has 5 heteroatoms. The maximum atomic E-state index is 12.0. The quantitative estimate of drug-likeness (QED) is 0.834. The number of nitrogens with two attached hydrogens (primary N) is 1. The second-order valence-electron chi connectivity index (χ2n) is 6.60. The van der Waals surface area contributed by atoms with Crippen LogP contribution in [0.15, 0.2) is 24.3 Å². The number of nitrogens with one attached hydrogen (secondary N) is 1. The Morgan fingerprint density at radius 3 is 2.87 bits per heavy atom.